The van der Waals surface area contributed by atoms with Gasteiger partial charge in [-0.25, -0.2) is 18.7 Å². The first-order valence-electron chi connectivity index (χ1n) is 7.13. The molecule has 5 nitrogen and oxygen atoms in total. The molecule has 4 aromatic rings. The Hall–Kier alpha value is -2.75. The molecule has 11 heteroatoms. The van der Waals surface area contributed by atoms with E-state index in [1.54, 1.807) is 0 Å². The first-order chi connectivity index (χ1) is 12.3. The molecular formula is C15H7ClF5N5. The van der Waals surface area contributed by atoms with Crippen LogP contribution in [0.5, 0.6) is 0 Å². The summed E-state index contributed by atoms with van der Waals surface area (Å²) in [4.78, 5) is 7.19. The predicted molar refractivity (Wildman–Crippen MR) is 83.5 cm³/mol. The molecule has 1 aromatic carbocycles. The van der Waals surface area contributed by atoms with E-state index in [0.717, 1.165) is 12.1 Å². The topological polar surface area (TPSA) is 59.4 Å². The van der Waals surface area contributed by atoms with E-state index < -0.39 is 24.1 Å². The van der Waals surface area contributed by atoms with Gasteiger partial charge in [-0.1, -0.05) is 11.6 Å². The quantitative estimate of drug-likeness (QED) is 0.497. The third kappa shape index (κ3) is 2.57. The van der Waals surface area contributed by atoms with Crippen molar-refractivity contribution >= 4 is 33.7 Å². The number of rotatable bonds is 2. The van der Waals surface area contributed by atoms with Gasteiger partial charge in [-0.05, 0) is 24.3 Å². The Kier molecular flexibility index (Phi) is 3.62. The Bertz CT molecular complexity index is 1130. The zero-order chi connectivity index (χ0) is 18.6. The van der Waals surface area contributed by atoms with E-state index in [9.17, 15) is 22.0 Å². The number of pyridine rings is 1. The van der Waals surface area contributed by atoms with Crippen molar-refractivity contribution in [2.45, 2.75) is 12.6 Å². The molecule has 0 saturated heterocycles. The fraction of sp³-hybridized carbons (Fsp3) is 0.133. The van der Waals surface area contributed by atoms with Crippen LogP contribution in [0.3, 0.4) is 0 Å². The molecule has 0 fully saturated rings. The Morgan fingerprint density at radius 3 is 2.58 bits per heavy atom. The summed E-state index contributed by atoms with van der Waals surface area (Å²) in [5, 5.41) is 6.98. The summed E-state index contributed by atoms with van der Waals surface area (Å²) in [6.45, 7) is 0. The van der Waals surface area contributed by atoms with Gasteiger partial charge >= 0.3 is 6.18 Å². The molecule has 0 atom stereocenters. The van der Waals surface area contributed by atoms with E-state index in [4.69, 9.17) is 11.6 Å². The molecule has 26 heavy (non-hydrogen) atoms. The lowest BCUT2D eigenvalue weighted by atomic mass is 10.2. The van der Waals surface area contributed by atoms with Crippen molar-refractivity contribution in [3.05, 3.63) is 47.0 Å². The van der Waals surface area contributed by atoms with E-state index in [-0.39, 0.29) is 21.9 Å². The van der Waals surface area contributed by atoms with Crippen molar-refractivity contribution in [1.29, 1.82) is 0 Å². The van der Waals surface area contributed by atoms with Crippen LogP contribution in [0.15, 0.2) is 30.5 Å². The Balaban J connectivity index is 2.08. The van der Waals surface area contributed by atoms with E-state index in [2.05, 4.69) is 20.2 Å². The van der Waals surface area contributed by atoms with Crippen LogP contribution in [0.1, 0.15) is 17.9 Å². The summed E-state index contributed by atoms with van der Waals surface area (Å²) in [5.74, 6) is -1.29. The van der Waals surface area contributed by atoms with Gasteiger partial charge in [0, 0.05) is 5.39 Å². The highest BCUT2D eigenvalue weighted by atomic mass is 35.5. The van der Waals surface area contributed by atoms with Gasteiger partial charge in [0.2, 0.25) is 5.82 Å². The molecule has 0 radical (unpaired) electrons. The van der Waals surface area contributed by atoms with Crippen LogP contribution in [0.4, 0.5) is 22.0 Å². The van der Waals surface area contributed by atoms with Gasteiger partial charge in [-0.2, -0.15) is 18.3 Å². The molecule has 0 unspecified atom stereocenters. The zero-order valence-corrected chi connectivity index (χ0v) is 13.3. The third-order valence-electron chi connectivity index (χ3n) is 3.75. The number of fused-ring (bicyclic) bond motifs is 2. The first kappa shape index (κ1) is 16.7. The van der Waals surface area contributed by atoms with E-state index >= 15 is 0 Å². The zero-order valence-electron chi connectivity index (χ0n) is 12.5. The highest BCUT2D eigenvalue weighted by Gasteiger charge is 2.38. The molecule has 0 bridgehead atoms. The normalized spacial score (nSPS) is 12.6. The summed E-state index contributed by atoms with van der Waals surface area (Å²) in [5.41, 5.74) is -0.727. The molecule has 0 aliphatic heterocycles. The highest BCUT2D eigenvalue weighted by Crippen LogP contribution is 2.35. The van der Waals surface area contributed by atoms with Gasteiger partial charge in [-0.3, -0.25) is 9.67 Å². The largest absolute Gasteiger partial charge is 0.450 e. The molecule has 0 aliphatic rings. The third-order valence-corrected chi connectivity index (χ3v) is 4.04. The van der Waals surface area contributed by atoms with Crippen LogP contribution in [-0.4, -0.2) is 24.7 Å². The molecule has 3 heterocycles. The Morgan fingerprint density at radius 2 is 1.88 bits per heavy atom. The van der Waals surface area contributed by atoms with Crippen LogP contribution in [-0.2, 0) is 6.18 Å². The number of nitrogens with one attached hydrogen (secondary N) is 1. The van der Waals surface area contributed by atoms with Crippen LogP contribution < -0.4 is 0 Å². The molecule has 0 amide bonds. The van der Waals surface area contributed by atoms with Crippen molar-refractivity contribution in [3.8, 4) is 5.69 Å². The summed E-state index contributed by atoms with van der Waals surface area (Å²) >= 11 is 6.09. The number of H-pyrrole nitrogens is 1. The minimum absolute atomic E-state index is 0.0161. The molecule has 3 aromatic heterocycles. The number of hydrogen-bond acceptors (Lipinski definition) is 3. The maximum atomic E-state index is 13.5. The Labute approximate surface area is 146 Å². The Morgan fingerprint density at radius 1 is 1.12 bits per heavy atom. The number of aromatic nitrogens is 5. The minimum Gasteiger partial charge on any atom is -0.276 e. The second kappa shape index (κ2) is 5.63. The highest BCUT2D eigenvalue weighted by molar-refractivity contribution is 6.35. The number of alkyl halides is 5. The average molecular weight is 388 g/mol. The number of aromatic amines is 1. The van der Waals surface area contributed by atoms with Gasteiger partial charge < -0.3 is 0 Å². The van der Waals surface area contributed by atoms with E-state index in [1.807, 2.05) is 0 Å². The number of imidazole rings is 1. The lowest BCUT2D eigenvalue weighted by Gasteiger charge is -2.12. The predicted octanol–water partition coefficient (Wildman–Crippen LogP) is 4.91. The van der Waals surface area contributed by atoms with Gasteiger partial charge in [-0.15, -0.1) is 0 Å². The maximum Gasteiger partial charge on any atom is 0.450 e. The number of halogens is 6. The van der Waals surface area contributed by atoms with Gasteiger partial charge in [0.25, 0.3) is 6.43 Å². The summed E-state index contributed by atoms with van der Waals surface area (Å²) in [7, 11) is 0. The fourth-order valence-corrected chi connectivity index (χ4v) is 2.92. The second-order valence-corrected chi connectivity index (χ2v) is 5.82. The summed E-state index contributed by atoms with van der Waals surface area (Å²) in [6, 6.07) is 4.66. The van der Waals surface area contributed by atoms with Crippen molar-refractivity contribution in [3.63, 3.8) is 0 Å². The number of hydrogen-bond donors (Lipinski definition) is 1. The monoisotopic (exact) mass is 387 g/mol. The first-order valence-corrected chi connectivity index (χ1v) is 7.51. The SMILES string of the molecule is FC(F)c1ccc2nc(C(F)(F)F)n(-c3cc(Cl)c4[nH]ncc4c3)c2n1. The van der Waals surface area contributed by atoms with Crippen molar-refractivity contribution < 1.29 is 22.0 Å². The standard InChI is InChI=1S/C15H7ClF5N5/c16-8-4-7(3-6-5-22-25-11(6)8)26-13-10(24-14(26)15(19,20)21)2-1-9(23-13)12(17)18/h1-5,12H,(H,22,25). The minimum atomic E-state index is -4.83. The summed E-state index contributed by atoms with van der Waals surface area (Å²) < 4.78 is 67.0. The maximum absolute atomic E-state index is 13.5. The molecule has 4 rings (SSSR count). The van der Waals surface area contributed by atoms with E-state index in [0.29, 0.717) is 15.5 Å². The fourth-order valence-electron chi connectivity index (χ4n) is 2.66. The lowest BCUT2D eigenvalue weighted by molar-refractivity contribution is -0.145. The smallest absolute Gasteiger partial charge is 0.276 e. The van der Waals surface area contributed by atoms with Gasteiger partial charge in [0.05, 0.1) is 22.4 Å². The lowest BCUT2D eigenvalue weighted by Crippen LogP contribution is -2.14. The van der Waals surface area contributed by atoms with Crippen LogP contribution in [0.25, 0.3) is 27.8 Å². The number of benzene rings is 1. The molecule has 1 N–H and O–H groups in total. The molecule has 134 valence electrons. The van der Waals surface area contributed by atoms with Crippen LogP contribution >= 0.6 is 11.6 Å². The average Bonchev–Trinajstić information content (AvgIpc) is 3.17. The molecule has 0 saturated carbocycles. The summed E-state index contributed by atoms with van der Waals surface area (Å²) in [6.07, 6.45) is -6.38. The van der Waals surface area contributed by atoms with E-state index in [1.165, 1.54) is 18.3 Å². The van der Waals surface area contributed by atoms with Gasteiger partial charge in [0.1, 0.15) is 11.2 Å². The molecule has 0 aliphatic carbocycles. The second-order valence-electron chi connectivity index (χ2n) is 5.41. The molecular weight excluding hydrogens is 381 g/mol. The van der Waals surface area contributed by atoms with Crippen molar-refractivity contribution in [2.75, 3.05) is 0 Å². The van der Waals surface area contributed by atoms with Crippen LogP contribution in [0, 0.1) is 0 Å². The number of nitrogens with zero attached hydrogens (tertiary/aromatic N) is 4. The van der Waals surface area contributed by atoms with Crippen LogP contribution in [0.2, 0.25) is 5.02 Å². The van der Waals surface area contributed by atoms with Crippen molar-refractivity contribution in [2.24, 2.45) is 0 Å². The molecule has 0 spiro atoms. The van der Waals surface area contributed by atoms with Crippen molar-refractivity contribution in [1.82, 2.24) is 24.7 Å². The van der Waals surface area contributed by atoms with Gasteiger partial charge in [0.15, 0.2) is 5.65 Å².